The first-order valence-corrected chi connectivity index (χ1v) is 5.26. The van der Waals surface area contributed by atoms with Crippen LogP contribution in [0, 0.1) is 0 Å². The van der Waals surface area contributed by atoms with Gasteiger partial charge in [-0.15, -0.1) is 11.8 Å². The molecular weight excluding hydrogens is 184 g/mol. The van der Waals surface area contributed by atoms with Gasteiger partial charge in [0, 0.05) is 29.3 Å². The van der Waals surface area contributed by atoms with E-state index in [9.17, 15) is 4.79 Å². The normalized spacial score (nSPS) is 12.0. The zero-order chi connectivity index (χ0) is 10.1. The van der Waals surface area contributed by atoms with Crippen LogP contribution < -0.4 is 5.56 Å². The fraction of sp³-hybridized carbons (Fsp3) is 0.667. The first kappa shape index (κ1) is 10.4. The van der Waals surface area contributed by atoms with Gasteiger partial charge in [0.1, 0.15) is 0 Å². The quantitative estimate of drug-likeness (QED) is 0.789. The van der Waals surface area contributed by atoms with Crippen molar-refractivity contribution < 1.29 is 0 Å². The third-order valence-electron chi connectivity index (χ3n) is 1.60. The molecule has 0 radical (unpaired) electrons. The van der Waals surface area contributed by atoms with Crippen molar-refractivity contribution in [3.8, 4) is 0 Å². The van der Waals surface area contributed by atoms with Crippen LogP contribution in [0.15, 0.2) is 10.9 Å². The Bertz CT molecular complexity index is 332. The molecule has 1 aromatic heterocycles. The minimum atomic E-state index is 0.0320. The van der Waals surface area contributed by atoms with Gasteiger partial charge >= 0.3 is 0 Å². The number of thioether (sulfide) groups is 1. The third-order valence-corrected chi connectivity index (χ3v) is 2.92. The summed E-state index contributed by atoms with van der Waals surface area (Å²) >= 11 is 1.83. The number of hydrogen-bond acceptors (Lipinski definition) is 2. The molecule has 13 heavy (non-hydrogen) atoms. The van der Waals surface area contributed by atoms with Crippen molar-refractivity contribution in [3.63, 3.8) is 0 Å². The van der Waals surface area contributed by atoms with E-state index in [1.807, 2.05) is 11.8 Å². The second-order valence-corrected chi connectivity index (χ2v) is 5.88. The zero-order valence-electron chi connectivity index (χ0n) is 8.55. The molecule has 3 nitrogen and oxygen atoms in total. The van der Waals surface area contributed by atoms with Crippen molar-refractivity contribution in [2.75, 3.05) is 0 Å². The first-order chi connectivity index (χ1) is 5.88. The van der Waals surface area contributed by atoms with Gasteiger partial charge < -0.3 is 0 Å². The van der Waals surface area contributed by atoms with Crippen molar-refractivity contribution in [1.82, 2.24) is 9.78 Å². The molecule has 0 aliphatic rings. The smallest absolute Gasteiger partial charge is 0.266 e. The highest BCUT2D eigenvalue weighted by Crippen LogP contribution is 2.25. The molecule has 0 bridgehead atoms. The molecule has 0 saturated heterocycles. The van der Waals surface area contributed by atoms with Crippen molar-refractivity contribution in [3.05, 3.63) is 22.1 Å². The lowest BCUT2D eigenvalue weighted by molar-refractivity contribution is 0.728. The number of H-pyrrole nitrogens is 1. The monoisotopic (exact) mass is 200 g/mol. The number of nitrogens with one attached hydrogen (secondary N) is 1. The number of aromatic nitrogens is 2. The Hall–Kier alpha value is -0.640. The van der Waals surface area contributed by atoms with Gasteiger partial charge in [-0.3, -0.25) is 14.6 Å². The topological polar surface area (TPSA) is 37.8 Å². The van der Waals surface area contributed by atoms with E-state index in [1.54, 1.807) is 13.1 Å². The van der Waals surface area contributed by atoms with Crippen molar-refractivity contribution in [2.45, 2.75) is 31.3 Å². The highest BCUT2D eigenvalue weighted by molar-refractivity contribution is 7.99. The number of nitrogens with zero attached hydrogens (tertiary/aromatic N) is 1. The van der Waals surface area contributed by atoms with Crippen LogP contribution in [0.5, 0.6) is 0 Å². The average Bonchev–Trinajstić information content (AvgIpc) is 2.27. The molecule has 0 aromatic carbocycles. The summed E-state index contributed by atoms with van der Waals surface area (Å²) < 4.78 is 1.74. The Morgan fingerprint density at radius 1 is 1.54 bits per heavy atom. The number of aromatic amines is 1. The Morgan fingerprint density at radius 2 is 2.15 bits per heavy atom. The molecule has 0 unspecified atom stereocenters. The molecule has 1 heterocycles. The van der Waals surface area contributed by atoms with Crippen LogP contribution in [0.25, 0.3) is 0 Å². The maximum absolute atomic E-state index is 11.1. The summed E-state index contributed by atoms with van der Waals surface area (Å²) in [5.74, 6) is 0.861. The van der Waals surface area contributed by atoms with Crippen LogP contribution >= 0.6 is 11.8 Å². The highest BCUT2D eigenvalue weighted by Gasteiger charge is 2.11. The summed E-state index contributed by atoms with van der Waals surface area (Å²) in [5.41, 5.74) is 1.02. The predicted molar refractivity (Wildman–Crippen MR) is 57.1 cm³/mol. The van der Waals surface area contributed by atoms with Gasteiger partial charge in [-0.05, 0) is 0 Å². The molecule has 0 fully saturated rings. The van der Waals surface area contributed by atoms with Gasteiger partial charge in [0.25, 0.3) is 5.56 Å². The van der Waals surface area contributed by atoms with E-state index in [-0.39, 0.29) is 10.3 Å². The van der Waals surface area contributed by atoms with Crippen LogP contribution in [0.4, 0.5) is 0 Å². The molecule has 0 atom stereocenters. The van der Waals surface area contributed by atoms with Gasteiger partial charge in [-0.2, -0.15) is 0 Å². The molecule has 0 aliphatic carbocycles. The molecule has 0 saturated carbocycles. The lowest BCUT2D eigenvalue weighted by atomic mass is 10.3. The fourth-order valence-corrected chi connectivity index (χ4v) is 1.65. The molecule has 1 aromatic rings. The summed E-state index contributed by atoms with van der Waals surface area (Å²) in [4.78, 5) is 11.1. The summed E-state index contributed by atoms with van der Waals surface area (Å²) in [6.45, 7) is 6.50. The summed E-state index contributed by atoms with van der Waals surface area (Å²) in [5, 5.41) is 3.00. The Kier molecular flexibility index (Phi) is 2.91. The molecular formula is C9H16N2OS. The van der Waals surface area contributed by atoms with Gasteiger partial charge in [0.05, 0.1) is 0 Å². The lowest BCUT2D eigenvalue weighted by Gasteiger charge is -2.16. The van der Waals surface area contributed by atoms with Crippen molar-refractivity contribution in [2.24, 2.45) is 7.05 Å². The van der Waals surface area contributed by atoms with Crippen molar-refractivity contribution >= 4 is 11.8 Å². The van der Waals surface area contributed by atoms with Crippen LogP contribution in [-0.2, 0) is 12.8 Å². The van der Waals surface area contributed by atoms with Crippen LogP contribution in [0.3, 0.4) is 0 Å². The Morgan fingerprint density at radius 3 is 2.54 bits per heavy atom. The summed E-state index contributed by atoms with van der Waals surface area (Å²) in [6, 6.07) is 1.65. The van der Waals surface area contributed by atoms with Gasteiger partial charge in [0.15, 0.2) is 0 Å². The van der Waals surface area contributed by atoms with E-state index in [1.165, 1.54) is 4.68 Å². The summed E-state index contributed by atoms with van der Waals surface area (Å²) in [6.07, 6.45) is 0. The molecule has 1 rings (SSSR count). The lowest BCUT2D eigenvalue weighted by Crippen LogP contribution is -2.10. The van der Waals surface area contributed by atoms with E-state index >= 15 is 0 Å². The fourth-order valence-electron chi connectivity index (χ4n) is 0.917. The third kappa shape index (κ3) is 3.30. The molecule has 74 valence electrons. The van der Waals surface area contributed by atoms with E-state index in [2.05, 4.69) is 25.9 Å². The zero-order valence-corrected chi connectivity index (χ0v) is 9.36. The van der Waals surface area contributed by atoms with E-state index in [0.29, 0.717) is 0 Å². The molecule has 0 aliphatic heterocycles. The van der Waals surface area contributed by atoms with E-state index in [0.717, 1.165) is 11.4 Å². The Balaban J connectivity index is 2.61. The van der Waals surface area contributed by atoms with Crippen LogP contribution in [0.1, 0.15) is 26.5 Å². The predicted octanol–water partition coefficient (Wildman–Crippen LogP) is 1.75. The molecule has 0 spiro atoms. The van der Waals surface area contributed by atoms with Crippen LogP contribution in [0.2, 0.25) is 0 Å². The SMILES string of the molecule is Cn1[nH]c(CSC(C)(C)C)cc1=O. The second-order valence-electron chi connectivity index (χ2n) is 4.08. The largest absolute Gasteiger partial charge is 0.299 e. The number of hydrogen-bond donors (Lipinski definition) is 1. The second kappa shape index (κ2) is 3.62. The minimum Gasteiger partial charge on any atom is -0.299 e. The standard InChI is InChI=1S/C9H16N2OS/c1-9(2,3)13-6-7-5-8(12)11(4)10-7/h5,10H,6H2,1-4H3. The maximum Gasteiger partial charge on any atom is 0.266 e. The number of rotatable bonds is 2. The van der Waals surface area contributed by atoms with E-state index in [4.69, 9.17) is 0 Å². The van der Waals surface area contributed by atoms with Gasteiger partial charge in [0.2, 0.25) is 0 Å². The van der Waals surface area contributed by atoms with Gasteiger partial charge in [-0.1, -0.05) is 20.8 Å². The van der Waals surface area contributed by atoms with Gasteiger partial charge in [-0.25, -0.2) is 0 Å². The average molecular weight is 200 g/mol. The van der Waals surface area contributed by atoms with Crippen LogP contribution in [-0.4, -0.2) is 14.5 Å². The molecule has 0 amide bonds. The first-order valence-electron chi connectivity index (χ1n) is 4.27. The van der Waals surface area contributed by atoms with Crippen molar-refractivity contribution in [1.29, 1.82) is 0 Å². The maximum atomic E-state index is 11.1. The molecule has 4 heteroatoms. The highest BCUT2D eigenvalue weighted by atomic mass is 32.2. The number of aryl methyl sites for hydroxylation is 1. The molecule has 1 N–H and O–H groups in total. The van der Waals surface area contributed by atoms with E-state index < -0.39 is 0 Å². The summed E-state index contributed by atoms with van der Waals surface area (Å²) in [7, 11) is 1.73. The Labute approximate surface area is 82.5 Å². The minimum absolute atomic E-state index is 0.0320.